The van der Waals surface area contributed by atoms with Gasteiger partial charge >= 0.3 is 0 Å². The van der Waals surface area contributed by atoms with E-state index in [9.17, 15) is 9.59 Å². The molecule has 4 nitrogen and oxygen atoms in total. The molecule has 0 aromatic heterocycles. The molecule has 0 aliphatic rings. The fourth-order valence-corrected chi connectivity index (χ4v) is 2.96. The largest absolute Gasteiger partial charge is 0.483 e. The number of carbonyl (C=O) groups excluding carboxylic acids is 2. The molecule has 0 heterocycles. The topological polar surface area (TPSA) is 69.4 Å². The van der Waals surface area contributed by atoms with Crippen molar-refractivity contribution in [3.63, 3.8) is 0 Å². The second-order valence-electron chi connectivity index (χ2n) is 4.88. The summed E-state index contributed by atoms with van der Waals surface area (Å²) in [4.78, 5) is 23.4. The van der Waals surface area contributed by atoms with E-state index >= 15 is 0 Å². The maximum Gasteiger partial charge on any atom is 0.255 e. The van der Waals surface area contributed by atoms with E-state index in [-0.39, 0.29) is 33.7 Å². The number of allylic oxidation sites excluding steroid dienone is 1. The molecule has 130 valence electrons. The Labute approximate surface area is 167 Å². The minimum atomic E-state index is -0.641. The fourth-order valence-electron chi connectivity index (χ4n) is 1.92. The molecule has 0 saturated carbocycles. The van der Waals surface area contributed by atoms with E-state index in [1.54, 1.807) is 24.3 Å². The highest BCUT2D eigenvalue weighted by Crippen LogP contribution is 2.31. The Bertz CT molecular complexity index is 868. The van der Waals surface area contributed by atoms with Crippen LogP contribution >= 0.6 is 50.7 Å². The third kappa shape index (κ3) is 5.47. The van der Waals surface area contributed by atoms with Crippen molar-refractivity contribution in [1.82, 2.24) is 0 Å². The van der Waals surface area contributed by atoms with Gasteiger partial charge in [0.2, 0.25) is 0 Å². The highest BCUT2D eigenvalue weighted by molar-refractivity contribution is 9.10. The van der Waals surface area contributed by atoms with Crippen molar-refractivity contribution in [2.24, 2.45) is 5.73 Å². The van der Waals surface area contributed by atoms with Crippen LogP contribution in [0.5, 0.6) is 5.75 Å². The van der Waals surface area contributed by atoms with Crippen LogP contribution in [0.1, 0.15) is 15.9 Å². The lowest BCUT2D eigenvalue weighted by Crippen LogP contribution is -2.20. The van der Waals surface area contributed by atoms with Gasteiger partial charge in [-0.05, 0) is 48.0 Å². The zero-order chi connectivity index (χ0) is 18.6. The molecule has 2 rings (SSSR count). The van der Waals surface area contributed by atoms with Crippen LogP contribution < -0.4 is 10.5 Å². The fraction of sp³-hybridized carbons (Fsp3) is 0.0588. The summed E-state index contributed by atoms with van der Waals surface area (Å²) in [5.41, 5.74) is 5.83. The quantitative estimate of drug-likeness (QED) is 0.365. The molecule has 1 amide bonds. The summed E-state index contributed by atoms with van der Waals surface area (Å²) in [5, 5.41) is 0.971. The summed E-state index contributed by atoms with van der Waals surface area (Å²) < 4.78 is 5.95. The number of primary amides is 1. The van der Waals surface area contributed by atoms with Gasteiger partial charge in [0.1, 0.15) is 5.75 Å². The van der Waals surface area contributed by atoms with Gasteiger partial charge < -0.3 is 10.5 Å². The van der Waals surface area contributed by atoms with Crippen molar-refractivity contribution in [3.05, 3.63) is 67.1 Å². The van der Waals surface area contributed by atoms with Crippen molar-refractivity contribution < 1.29 is 14.3 Å². The molecule has 0 fully saturated rings. The van der Waals surface area contributed by atoms with Crippen LogP contribution in [0.2, 0.25) is 15.1 Å². The molecule has 0 radical (unpaired) electrons. The first-order valence-electron chi connectivity index (χ1n) is 6.85. The second-order valence-corrected chi connectivity index (χ2v) is 7.02. The highest BCUT2D eigenvalue weighted by atomic mass is 79.9. The Hall–Kier alpha value is -1.53. The standard InChI is InChI=1S/C17H11BrCl3NO3/c18-10-2-4-15(25-8-16(22)24)12(6-10)14(23)3-1-9-5-11(19)7-13(20)17(9)21/h1-7H,8H2,(H2,22,24)/b3-1+. The third-order valence-corrected chi connectivity index (χ3v) is 4.54. The van der Waals surface area contributed by atoms with E-state index in [1.807, 2.05) is 0 Å². The lowest BCUT2D eigenvalue weighted by atomic mass is 10.1. The first-order valence-corrected chi connectivity index (χ1v) is 8.78. The zero-order valence-corrected chi connectivity index (χ0v) is 16.4. The van der Waals surface area contributed by atoms with E-state index in [4.69, 9.17) is 45.3 Å². The number of ether oxygens (including phenoxy) is 1. The number of amides is 1. The number of rotatable bonds is 6. The van der Waals surface area contributed by atoms with Gasteiger partial charge in [-0.25, -0.2) is 0 Å². The highest BCUT2D eigenvalue weighted by Gasteiger charge is 2.13. The van der Waals surface area contributed by atoms with E-state index in [0.717, 1.165) is 0 Å². The predicted octanol–water partition coefficient (Wildman–Crippen LogP) is 5.17. The Morgan fingerprint density at radius 2 is 1.88 bits per heavy atom. The number of benzene rings is 2. The Kier molecular flexibility index (Phi) is 6.90. The summed E-state index contributed by atoms with van der Waals surface area (Å²) in [6.45, 7) is -0.332. The number of nitrogens with two attached hydrogens (primary N) is 1. The van der Waals surface area contributed by atoms with Gasteiger partial charge in [0.15, 0.2) is 12.4 Å². The molecule has 2 aromatic carbocycles. The molecule has 2 aromatic rings. The molecule has 0 saturated heterocycles. The normalized spacial score (nSPS) is 10.9. The van der Waals surface area contributed by atoms with Crippen LogP contribution in [0, 0.1) is 0 Å². The minimum Gasteiger partial charge on any atom is -0.483 e. The van der Waals surface area contributed by atoms with Crippen LogP contribution in [0.4, 0.5) is 0 Å². The van der Waals surface area contributed by atoms with E-state index in [2.05, 4.69) is 15.9 Å². The Morgan fingerprint density at radius 3 is 2.56 bits per heavy atom. The summed E-state index contributed by atoms with van der Waals surface area (Å²) in [5.74, 6) is -0.753. The minimum absolute atomic E-state index is 0.242. The van der Waals surface area contributed by atoms with Crippen molar-refractivity contribution in [1.29, 1.82) is 0 Å². The second kappa shape index (κ2) is 8.72. The third-order valence-electron chi connectivity index (χ3n) is 3.01. The predicted molar refractivity (Wildman–Crippen MR) is 104 cm³/mol. The number of carbonyl (C=O) groups is 2. The first-order chi connectivity index (χ1) is 11.8. The van der Waals surface area contributed by atoms with Crippen molar-refractivity contribution in [2.75, 3.05) is 6.61 Å². The van der Waals surface area contributed by atoms with Crippen molar-refractivity contribution in [3.8, 4) is 5.75 Å². The lowest BCUT2D eigenvalue weighted by Gasteiger charge is -2.09. The summed E-state index contributed by atoms with van der Waals surface area (Å²) in [6, 6.07) is 7.93. The van der Waals surface area contributed by atoms with Crippen molar-refractivity contribution in [2.45, 2.75) is 0 Å². The van der Waals surface area contributed by atoms with E-state index in [1.165, 1.54) is 18.2 Å². The smallest absolute Gasteiger partial charge is 0.255 e. The molecule has 0 atom stereocenters. The average molecular weight is 464 g/mol. The number of ketones is 1. The molecular formula is C17H11BrCl3NO3. The summed E-state index contributed by atoms with van der Waals surface area (Å²) >= 11 is 21.3. The van der Waals surface area contributed by atoms with Gasteiger partial charge in [-0.3, -0.25) is 9.59 Å². The summed E-state index contributed by atoms with van der Waals surface area (Å²) in [7, 11) is 0. The molecule has 0 unspecified atom stereocenters. The number of hydrogen-bond donors (Lipinski definition) is 1. The SMILES string of the molecule is NC(=O)COc1ccc(Br)cc1C(=O)/C=C/c1cc(Cl)cc(Cl)c1Cl. The van der Waals surface area contributed by atoms with E-state index < -0.39 is 5.91 Å². The number of halogens is 4. The molecule has 2 N–H and O–H groups in total. The first kappa shape index (κ1) is 19.8. The molecular weight excluding hydrogens is 452 g/mol. The van der Waals surface area contributed by atoms with Crippen LogP contribution in [-0.4, -0.2) is 18.3 Å². The van der Waals surface area contributed by atoms with Crippen LogP contribution in [0.25, 0.3) is 6.08 Å². The molecule has 0 spiro atoms. The summed E-state index contributed by atoms with van der Waals surface area (Å²) in [6.07, 6.45) is 2.81. The van der Waals surface area contributed by atoms with Crippen molar-refractivity contribution >= 4 is 68.5 Å². The molecule has 8 heteroatoms. The number of hydrogen-bond acceptors (Lipinski definition) is 3. The van der Waals surface area contributed by atoms with Crippen LogP contribution in [-0.2, 0) is 4.79 Å². The van der Waals surface area contributed by atoms with Gasteiger partial charge in [-0.2, -0.15) is 0 Å². The maximum atomic E-state index is 12.5. The van der Waals surface area contributed by atoms with Gasteiger partial charge in [-0.1, -0.05) is 50.7 Å². The zero-order valence-electron chi connectivity index (χ0n) is 12.6. The monoisotopic (exact) mass is 461 g/mol. The lowest BCUT2D eigenvalue weighted by molar-refractivity contribution is -0.119. The molecule has 0 aliphatic carbocycles. The van der Waals surface area contributed by atoms with Crippen LogP contribution in [0.3, 0.4) is 0 Å². The van der Waals surface area contributed by atoms with Crippen LogP contribution in [0.15, 0.2) is 40.9 Å². The Morgan fingerprint density at radius 1 is 1.16 bits per heavy atom. The maximum absolute atomic E-state index is 12.5. The molecule has 25 heavy (non-hydrogen) atoms. The molecule has 0 bridgehead atoms. The van der Waals surface area contributed by atoms with E-state index in [0.29, 0.717) is 15.1 Å². The van der Waals surface area contributed by atoms with Gasteiger partial charge in [0, 0.05) is 9.50 Å². The van der Waals surface area contributed by atoms with Gasteiger partial charge in [0.25, 0.3) is 5.91 Å². The average Bonchev–Trinajstić information content (AvgIpc) is 2.55. The Balaban J connectivity index is 2.32. The van der Waals surface area contributed by atoms with Gasteiger partial charge in [-0.15, -0.1) is 0 Å². The van der Waals surface area contributed by atoms with Gasteiger partial charge in [0.05, 0.1) is 15.6 Å². The molecule has 0 aliphatic heterocycles.